The van der Waals surface area contributed by atoms with Crippen LogP contribution >= 0.6 is 0 Å². The molecule has 0 aliphatic carbocycles. The van der Waals surface area contributed by atoms with E-state index in [1.165, 1.54) is 6.07 Å². The minimum absolute atomic E-state index is 0.150. The van der Waals surface area contributed by atoms with Gasteiger partial charge in [0.05, 0.1) is 16.7 Å². The SMILES string of the molecule is CC(c1ccccc1F)S(=O)Cc1nnnn1-c1ccccc1. The van der Waals surface area contributed by atoms with E-state index in [-0.39, 0.29) is 11.6 Å². The van der Waals surface area contributed by atoms with E-state index in [0.29, 0.717) is 11.4 Å². The predicted molar refractivity (Wildman–Crippen MR) is 85.8 cm³/mol. The Hall–Kier alpha value is -2.41. The molecule has 3 aromatic rings. The molecular weight excluding hydrogens is 315 g/mol. The van der Waals surface area contributed by atoms with Crippen LogP contribution in [0.2, 0.25) is 0 Å². The lowest BCUT2D eigenvalue weighted by Gasteiger charge is -2.12. The fraction of sp³-hybridized carbons (Fsp3) is 0.188. The van der Waals surface area contributed by atoms with Crippen molar-refractivity contribution < 1.29 is 8.60 Å². The molecule has 0 amide bonds. The van der Waals surface area contributed by atoms with E-state index >= 15 is 0 Å². The van der Waals surface area contributed by atoms with Gasteiger partial charge in [0, 0.05) is 16.4 Å². The number of hydrogen-bond acceptors (Lipinski definition) is 4. The van der Waals surface area contributed by atoms with E-state index in [0.717, 1.165) is 5.69 Å². The molecule has 3 rings (SSSR count). The Morgan fingerprint density at radius 3 is 2.57 bits per heavy atom. The van der Waals surface area contributed by atoms with Gasteiger partial charge in [-0.05, 0) is 35.5 Å². The fourth-order valence-corrected chi connectivity index (χ4v) is 3.42. The number of nitrogens with zero attached hydrogens (tertiary/aromatic N) is 4. The van der Waals surface area contributed by atoms with Gasteiger partial charge < -0.3 is 0 Å². The van der Waals surface area contributed by atoms with Crippen LogP contribution in [0.25, 0.3) is 5.69 Å². The summed E-state index contributed by atoms with van der Waals surface area (Å²) in [4.78, 5) is 0. The van der Waals surface area contributed by atoms with Gasteiger partial charge >= 0.3 is 0 Å². The second-order valence-corrected chi connectivity index (χ2v) is 6.79. The van der Waals surface area contributed by atoms with Gasteiger partial charge in [-0.15, -0.1) is 5.10 Å². The average Bonchev–Trinajstić information content (AvgIpc) is 3.03. The zero-order chi connectivity index (χ0) is 16.2. The highest BCUT2D eigenvalue weighted by Gasteiger charge is 2.20. The van der Waals surface area contributed by atoms with E-state index in [4.69, 9.17) is 0 Å². The van der Waals surface area contributed by atoms with Crippen LogP contribution in [0.4, 0.5) is 4.39 Å². The van der Waals surface area contributed by atoms with Crippen LogP contribution in [-0.4, -0.2) is 24.4 Å². The molecule has 118 valence electrons. The highest BCUT2D eigenvalue weighted by molar-refractivity contribution is 7.84. The molecular formula is C16H15FN4OS. The predicted octanol–water partition coefficient (Wildman–Crippen LogP) is 2.81. The summed E-state index contributed by atoms with van der Waals surface area (Å²) >= 11 is 0. The van der Waals surface area contributed by atoms with Crippen molar-refractivity contribution in [2.75, 3.05) is 0 Å². The number of tetrazole rings is 1. The molecule has 0 radical (unpaired) electrons. The first-order valence-electron chi connectivity index (χ1n) is 7.11. The summed E-state index contributed by atoms with van der Waals surface area (Å²) in [6.45, 7) is 1.74. The topological polar surface area (TPSA) is 60.7 Å². The lowest BCUT2D eigenvalue weighted by atomic mass is 10.1. The highest BCUT2D eigenvalue weighted by atomic mass is 32.2. The van der Waals surface area contributed by atoms with Gasteiger partial charge in [0.2, 0.25) is 0 Å². The molecule has 0 aliphatic heterocycles. The van der Waals surface area contributed by atoms with Gasteiger partial charge in [-0.25, -0.2) is 4.39 Å². The molecule has 2 unspecified atom stereocenters. The number of hydrogen-bond donors (Lipinski definition) is 0. The maximum atomic E-state index is 13.8. The Morgan fingerprint density at radius 1 is 1.13 bits per heavy atom. The van der Waals surface area contributed by atoms with Crippen molar-refractivity contribution in [2.45, 2.75) is 17.9 Å². The molecule has 0 aliphatic rings. The zero-order valence-corrected chi connectivity index (χ0v) is 13.3. The normalized spacial score (nSPS) is 13.7. The van der Waals surface area contributed by atoms with Crippen molar-refractivity contribution in [1.29, 1.82) is 0 Å². The molecule has 0 bridgehead atoms. The lowest BCUT2D eigenvalue weighted by molar-refractivity contribution is 0.606. The second kappa shape index (κ2) is 6.78. The number of para-hydroxylation sites is 1. The minimum Gasteiger partial charge on any atom is -0.258 e. The van der Waals surface area contributed by atoms with Gasteiger partial charge in [0.25, 0.3) is 0 Å². The minimum atomic E-state index is -1.34. The monoisotopic (exact) mass is 330 g/mol. The van der Waals surface area contributed by atoms with Gasteiger partial charge in [0.1, 0.15) is 5.82 Å². The maximum Gasteiger partial charge on any atom is 0.169 e. The number of aromatic nitrogens is 4. The molecule has 0 saturated heterocycles. The van der Waals surface area contributed by atoms with Crippen molar-refractivity contribution in [3.63, 3.8) is 0 Å². The van der Waals surface area contributed by atoms with E-state index in [1.807, 2.05) is 30.3 Å². The third kappa shape index (κ3) is 3.34. The van der Waals surface area contributed by atoms with Crippen LogP contribution in [0.3, 0.4) is 0 Å². The smallest absolute Gasteiger partial charge is 0.169 e. The molecule has 0 N–H and O–H groups in total. The van der Waals surface area contributed by atoms with Gasteiger partial charge in [-0.2, -0.15) is 4.68 Å². The van der Waals surface area contributed by atoms with Crippen molar-refractivity contribution in [3.05, 3.63) is 71.8 Å². The van der Waals surface area contributed by atoms with Gasteiger partial charge in [-0.3, -0.25) is 4.21 Å². The van der Waals surface area contributed by atoms with Crippen LogP contribution in [0.5, 0.6) is 0 Å². The molecule has 5 nitrogen and oxygen atoms in total. The molecule has 2 atom stereocenters. The first-order valence-corrected chi connectivity index (χ1v) is 8.49. The van der Waals surface area contributed by atoms with Crippen molar-refractivity contribution in [3.8, 4) is 5.69 Å². The fourth-order valence-electron chi connectivity index (χ4n) is 2.26. The largest absolute Gasteiger partial charge is 0.258 e. The first-order chi connectivity index (χ1) is 11.2. The number of halogens is 1. The summed E-state index contributed by atoms with van der Waals surface area (Å²) in [5.74, 6) is 0.283. The highest BCUT2D eigenvalue weighted by Crippen LogP contribution is 2.24. The summed E-state index contributed by atoms with van der Waals surface area (Å²) in [6, 6.07) is 15.7. The molecule has 7 heteroatoms. The van der Waals surface area contributed by atoms with E-state index < -0.39 is 16.0 Å². The molecule has 1 heterocycles. The first kappa shape index (κ1) is 15.5. The van der Waals surface area contributed by atoms with E-state index in [1.54, 1.807) is 29.8 Å². The van der Waals surface area contributed by atoms with Gasteiger partial charge in [-0.1, -0.05) is 36.4 Å². The summed E-state index contributed by atoms with van der Waals surface area (Å²) < 4.78 is 28.0. The molecule has 23 heavy (non-hydrogen) atoms. The molecule has 0 spiro atoms. The molecule has 0 saturated carbocycles. The lowest BCUT2D eigenvalue weighted by Crippen LogP contribution is -2.11. The van der Waals surface area contributed by atoms with Crippen LogP contribution in [-0.2, 0) is 16.6 Å². The second-order valence-electron chi connectivity index (χ2n) is 5.03. The third-order valence-electron chi connectivity index (χ3n) is 3.54. The Labute approximate surface area is 135 Å². The summed E-state index contributed by atoms with van der Waals surface area (Å²) in [5, 5.41) is 11.1. The third-order valence-corrected chi connectivity index (χ3v) is 5.13. The number of benzene rings is 2. The Balaban J connectivity index is 1.82. The van der Waals surface area contributed by atoms with Crippen LogP contribution in [0.15, 0.2) is 54.6 Å². The molecule has 0 fully saturated rings. The maximum absolute atomic E-state index is 13.8. The van der Waals surface area contributed by atoms with E-state index in [2.05, 4.69) is 15.5 Å². The molecule has 2 aromatic carbocycles. The molecule has 1 aromatic heterocycles. The van der Waals surface area contributed by atoms with E-state index in [9.17, 15) is 8.60 Å². The van der Waals surface area contributed by atoms with Crippen LogP contribution < -0.4 is 0 Å². The van der Waals surface area contributed by atoms with Crippen LogP contribution in [0, 0.1) is 5.82 Å². The number of rotatable bonds is 5. The summed E-state index contributed by atoms with van der Waals surface area (Å²) in [5.41, 5.74) is 1.23. The van der Waals surface area contributed by atoms with Crippen LogP contribution in [0.1, 0.15) is 23.6 Å². The quantitative estimate of drug-likeness (QED) is 0.722. The average molecular weight is 330 g/mol. The Bertz CT molecular complexity index is 822. The Morgan fingerprint density at radius 2 is 1.83 bits per heavy atom. The standard InChI is InChI=1S/C16H15FN4OS/c1-12(14-9-5-6-10-15(14)17)23(22)11-16-18-19-20-21(16)13-7-3-2-4-8-13/h2-10,12H,11H2,1H3. The van der Waals surface area contributed by atoms with Crippen molar-refractivity contribution >= 4 is 10.8 Å². The van der Waals surface area contributed by atoms with Gasteiger partial charge in [0.15, 0.2) is 5.82 Å². The van der Waals surface area contributed by atoms with Crippen molar-refractivity contribution in [1.82, 2.24) is 20.2 Å². The Kier molecular flexibility index (Phi) is 4.57. The summed E-state index contributed by atoms with van der Waals surface area (Å²) in [7, 11) is -1.34. The van der Waals surface area contributed by atoms with Crippen molar-refractivity contribution in [2.24, 2.45) is 0 Å². The summed E-state index contributed by atoms with van der Waals surface area (Å²) in [6.07, 6.45) is 0. The zero-order valence-electron chi connectivity index (χ0n) is 12.5.